The van der Waals surface area contributed by atoms with Gasteiger partial charge >= 0.3 is 0 Å². The zero-order chi connectivity index (χ0) is 16.9. The van der Waals surface area contributed by atoms with Crippen molar-refractivity contribution < 1.29 is 17.6 Å². The Balaban J connectivity index is 1.97. The summed E-state index contributed by atoms with van der Waals surface area (Å²) < 4.78 is 31.4. The van der Waals surface area contributed by atoms with Crippen molar-refractivity contribution in [1.29, 1.82) is 0 Å². The zero-order valence-corrected chi connectivity index (χ0v) is 14.7. The van der Waals surface area contributed by atoms with Gasteiger partial charge < -0.3 is 9.73 Å². The van der Waals surface area contributed by atoms with E-state index < -0.39 is 10.0 Å². The van der Waals surface area contributed by atoms with Crippen LogP contribution in [0.2, 0.25) is 0 Å². The van der Waals surface area contributed by atoms with Crippen LogP contribution in [0.5, 0.6) is 0 Å². The van der Waals surface area contributed by atoms with Gasteiger partial charge in [0, 0.05) is 19.1 Å². The number of carbonyl (C=O) groups is 1. The summed E-state index contributed by atoms with van der Waals surface area (Å²) in [5.41, 5.74) is 0. The van der Waals surface area contributed by atoms with Crippen LogP contribution in [0.15, 0.2) is 21.6 Å². The van der Waals surface area contributed by atoms with Gasteiger partial charge in [0.05, 0.1) is 0 Å². The van der Waals surface area contributed by atoms with E-state index in [2.05, 4.69) is 12.2 Å². The van der Waals surface area contributed by atoms with E-state index >= 15 is 0 Å². The van der Waals surface area contributed by atoms with Crippen molar-refractivity contribution in [3.05, 3.63) is 17.9 Å². The second-order valence-corrected chi connectivity index (χ2v) is 7.97. The Morgan fingerprint density at radius 3 is 2.65 bits per heavy atom. The minimum Gasteiger partial charge on any atom is -0.438 e. The van der Waals surface area contributed by atoms with Gasteiger partial charge in [-0.2, -0.15) is 4.31 Å². The van der Waals surface area contributed by atoms with Gasteiger partial charge in [-0.25, -0.2) is 8.42 Å². The molecule has 1 aliphatic heterocycles. The van der Waals surface area contributed by atoms with E-state index in [1.54, 1.807) is 0 Å². The van der Waals surface area contributed by atoms with Crippen LogP contribution in [0.25, 0.3) is 0 Å². The predicted molar refractivity (Wildman–Crippen MR) is 87.8 cm³/mol. The average molecular weight is 342 g/mol. The van der Waals surface area contributed by atoms with Crippen molar-refractivity contribution in [3.63, 3.8) is 0 Å². The number of furan rings is 1. The summed E-state index contributed by atoms with van der Waals surface area (Å²) in [6.07, 6.45) is 5.96. The standard InChI is InChI=1S/C16H26N2O4S/c1-3-4-5-8-13(2)17-16(19)14-9-10-15(22-14)23(20,21)18-11-6-7-12-18/h9-10,13H,3-8,11-12H2,1-2H3,(H,17,19)/t13-/m1/s1. The molecule has 0 bridgehead atoms. The molecule has 0 aliphatic carbocycles. The molecule has 1 fully saturated rings. The molecule has 2 rings (SSSR count). The molecule has 23 heavy (non-hydrogen) atoms. The van der Waals surface area contributed by atoms with Gasteiger partial charge in [-0.15, -0.1) is 0 Å². The van der Waals surface area contributed by atoms with Crippen LogP contribution in [0.1, 0.15) is 62.9 Å². The highest BCUT2D eigenvalue weighted by atomic mass is 32.2. The summed E-state index contributed by atoms with van der Waals surface area (Å²) in [6.45, 7) is 5.10. The summed E-state index contributed by atoms with van der Waals surface area (Å²) in [5.74, 6) is -0.318. The molecule has 0 spiro atoms. The number of amides is 1. The molecule has 1 aliphatic rings. The number of nitrogens with zero attached hydrogens (tertiary/aromatic N) is 1. The van der Waals surface area contributed by atoms with Gasteiger partial charge in [0.1, 0.15) is 0 Å². The van der Waals surface area contributed by atoms with Gasteiger partial charge in [0.15, 0.2) is 5.76 Å². The van der Waals surface area contributed by atoms with Crippen LogP contribution >= 0.6 is 0 Å². The highest BCUT2D eigenvalue weighted by molar-refractivity contribution is 7.89. The van der Waals surface area contributed by atoms with Crippen molar-refractivity contribution in [2.75, 3.05) is 13.1 Å². The van der Waals surface area contributed by atoms with E-state index in [0.717, 1.165) is 38.5 Å². The van der Waals surface area contributed by atoms with Crippen molar-refractivity contribution >= 4 is 15.9 Å². The Morgan fingerprint density at radius 2 is 2.00 bits per heavy atom. The first kappa shape index (κ1) is 18.0. The number of hydrogen-bond acceptors (Lipinski definition) is 4. The molecule has 6 nitrogen and oxygen atoms in total. The SMILES string of the molecule is CCCCC[C@@H](C)NC(=O)c1ccc(S(=O)(=O)N2CCCC2)o1. The first-order valence-electron chi connectivity index (χ1n) is 8.36. The number of hydrogen-bond donors (Lipinski definition) is 1. The number of rotatable bonds is 8. The zero-order valence-electron chi connectivity index (χ0n) is 13.9. The number of nitrogens with one attached hydrogen (secondary N) is 1. The summed E-state index contributed by atoms with van der Waals surface area (Å²) in [6, 6.07) is 2.83. The summed E-state index contributed by atoms with van der Waals surface area (Å²) >= 11 is 0. The van der Waals surface area contributed by atoms with Crippen LogP contribution in [-0.4, -0.2) is 37.8 Å². The lowest BCUT2D eigenvalue weighted by molar-refractivity contribution is 0.0904. The number of carbonyl (C=O) groups excluding carboxylic acids is 1. The Hall–Kier alpha value is -1.34. The van der Waals surface area contributed by atoms with E-state index in [1.165, 1.54) is 16.4 Å². The molecule has 1 N–H and O–H groups in total. The fourth-order valence-electron chi connectivity index (χ4n) is 2.70. The van der Waals surface area contributed by atoms with E-state index in [1.807, 2.05) is 6.92 Å². The highest BCUT2D eigenvalue weighted by Crippen LogP contribution is 2.22. The molecule has 0 radical (unpaired) electrons. The maximum Gasteiger partial charge on any atom is 0.287 e. The van der Waals surface area contributed by atoms with Gasteiger partial charge in [0.25, 0.3) is 15.9 Å². The molecule has 7 heteroatoms. The smallest absolute Gasteiger partial charge is 0.287 e. The summed E-state index contributed by atoms with van der Waals surface area (Å²) in [4.78, 5) is 12.1. The lowest BCUT2D eigenvalue weighted by Gasteiger charge is -2.13. The number of unbranched alkanes of at least 4 members (excludes halogenated alkanes) is 2. The fourth-order valence-corrected chi connectivity index (χ4v) is 4.13. The van der Waals surface area contributed by atoms with E-state index in [-0.39, 0.29) is 22.8 Å². The lowest BCUT2D eigenvalue weighted by atomic mass is 10.1. The quantitative estimate of drug-likeness (QED) is 0.737. The van der Waals surface area contributed by atoms with E-state index in [0.29, 0.717) is 13.1 Å². The molecule has 1 atom stereocenters. The molecule has 1 aromatic heterocycles. The second kappa shape index (κ2) is 7.97. The van der Waals surface area contributed by atoms with Crippen molar-refractivity contribution in [3.8, 4) is 0 Å². The average Bonchev–Trinajstić information content (AvgIpc) is 3.19. The molecule has 1 amide bonds. The molecule has 1 saturated heterocycles. The van der Waals surface area contributed by atoms with Crippen molar-refractivity contribution in [2.24, 2.45) is 0 Å². The molecule has 0 unspecified atom stereocenters. The van der Waals surface area contributed by atoms with Gasteiger partial charge in [-0.1, -0.05) is 26.2 Å². The third-order valence-corrected chi connectivity index (χ3v) is 5.86. The van der Waals surface area contributed by atoms with Gasteiger partial charge in [-0.05, 0) is 38.3 Å². The summed E-state index contributed by atoms with van der Waals surface area (Å²) in [7, 11) is -3.61. The van der Waals surface area contributed by atoms with E-state index in [4.69, 9.17) is 4.42 Å². The van der Waals surface area contributed by atoms with Crippen LogP contribution in [-0.2, 0) is 10.0 Å². The van der Waals surface area contributed by atoms with Crippen LogP contribution < -0.4 is 5.32 Å². The first-order valence-corrected chi connectivity index (χ1v) is 9.80. The van der Waals surface area contributed by atoms with Crippen molar-refractivity contribution in [2.45, 2.75) is 63.5 Å². The van der Waals surface area contributed by atoms with Crippen LogP contribution in [0, 0.1) is 0 Å². The topological polar surface area (TPSA) is 79.6 Å². The summed E-state index contributed by atoms with van der Waals surface area (Å²) in [5, 5.41) is 2.70. The van der Waals surface area contributed by atoms with Crippen LogP contribution in [0.4, 0.5) is 0 Å². The Labute approximate surface area is 138 Å². The maximum atomic E-state index is 12.4. The monoisotopic (exact) mass is 342 g/mol. The molecule has 130 valence electrons. The second-order valence-electron chi connectivity index (χ2n) is 6.10. The molecular formula is C16H26N2O4S. The molecule has 0 aromatic carbocycles. The fraction of sp³-hybridized carbons (Fsp3) is 0.688. The predicted octanol–water partition coefficient (Wildman–Crippen LogP) is 2.76. The third-order valence-electron chi connectivity index (χ3n) is 4.08. The highest BCUT2D eigenvalue weighted by Gasteiger charge is 2.30. The Bertz CT molecular complexity index is 618. The minimum atomic E-state index is -3.61. The Morgan fingerprint density at radius 1 is 1.30 bits per heavy atom. The molecule has 2 heterocycles. The molecule has 0 saturated carbocycles. The van der Waals surface area contributed by atoms with E-state index in [9.17, 15) is 13.2 Å². The van der Waals surface area contributed by atoms with Gasteiger partial charge in [0.2, 0.25) is 5.09 Å². The molecule has 1 aromatic rings. The third kappa shape index (κ3) is 4.57. The first-order chi connectivity index (χ1) is 10.9. The van der Waals surface area contributed by atoms with Crippen LogP contribution in [0.3, 0.4) is 0 Å². The minimum absolute atomic E-state index is 0.0396. The number of sulfonamides is 1. The lowest BCUT2D eigenvalue weighted by Crippen LogP contribution is -2.32. The molecular weight excluding hydrogens is 316 g/mol. The largest absolute Gasteiger partial charge is 0.438 e. The van der Waals surface area contributed by atoms with Crippen molar-refractivity contribution in [1.82, 2.24) is 9.62 Å². The maximum absolute atomic E-state index is 12.4. The normalized spacial score (nSPS) is 17.3. The van der Waals surface area contributed by atoms with Gasteiger partial charge in [-0.3, -0.25) is 4.79 Å². The Kier molecular flexibility index (Phi) is 6.24.